The van der Waals surface area contributed by atoms with Gasteiger partial charge < -0.3 is 5.32 Å². The Morgan fingerprint density at radius 1 is 1.43 bits per heavy atom. The minimum atomic E-state index is 0.719. The molecule has 1 aliphatic rings. The van der Waals surface area contributed by atoms with Gasteiger partial charge in [0, 0.05) is 29.1 Å². The van der Waals surface area contributed by atoms with E-state index in [1.54, 1.807) is 11.3 Å². The molecule has 0 spiro atoms. The van der Waals surface area contributed by atoms with Gasteiger partial charge in [0.25, 0.3) is 0 Å². The van der Waals surface area contributed by atoms with E-state index in [9.17, 15) is 0 Å². The van der Waals surface area contributed by atoms with E-state index in [2.05, 4.69) is 43.2 Å². The smallest absolute Gasteiger partial charge is 0.206 e. The second-order valence-corrected chi connectivity index (χ2v) is 7.62. The van der Waals surface area contributed by atoms with Crippen molar-refractivity contribution in [3.8, 4) is 0 Å². The molecule has 78 valence electrons. The van der Waals surface area contributed by atoms with Crippen LogP contribution in [0.15, 0.2) is 3.92 Å². The Hall–Kier alpha value is 0.540. The average Bonchev–Trinajstić information content (AvgIpc) is 2.63. The molecule has 1 unspecified atom stereocenters. The summed E-state index contributed by atoms with van der Waals surface area (Å²) in [6.45, 7) is 0.999. The number of nitrogens with zero attached hydrogens (tertiary/aromatic N) is 2. The zero-order valence-corrected chi connectivity index (χ0v) is 11.4. The summed E-state index contributed by atoms with van der Waals surface area (Å²) in [5.74, 6) is 3.82. The summed E-state index contributed by atoms with van der Waals surface area (Å²) in [6, 6.07) is 0. The number of halogens is 1. The van der Waals surface area contributed by atoms with Gasteiger partial charge in [-0.1, -0.05) is 11.3 Å². The number of rotatable bonds is 3. The van der Waals surface area contributed by atoms with Crippen LogP contribution in [-0.4, -0.2) is 39.3 Å². The van der Waals surface area contributed by atoms with Gasteiger partial charge in [-0.25, -0.2) is 0 Å². The second kappa shape index (κ2) is 5.58. The van der Waals surface area contributed by atoms with Gasteiger partial charge in [0.1, 0.15) is 0 Å². The molecule has 3 nitrogen and oxygen atoms in total. The molecule has 2 rings (SSSR count). The molecule has 1 fully saturated rings. The highest BCUT2D eigenvalue weighted by Gasteiger charge is 2.14. The number of hydrogen-bond donors (Lipinski definition) is 1. The van der Waals surface area contributed by atoms with Crippen molar-refractivity contribution in [1.82, 2.24) is 10.2 Å². The molecule has 14 heavy (non-hydrogen) atoms. The summed E-state index contributed by atoms with van der Waals surface area (Å²) in [5, 5.41) is 12.8. The van der Waals surface area contributed by atoms with Crippen molar-refractivity contribution in [3.05, 3.63) is 3.92 Å². The molecule has 1 saturated heterocycles. The predicted octanol–water partition coefficient (Wildman–Crippen LogP) is 2.56. The Bertz CT molecular complexity index is 287. The monoisotopic (exact) mass is 311 g/mol. The van der Waals surface area contributed by atoms with Crippen LogP contribution in [0.3, 0.4) is 0 Å². The minimum Gasteiger partial charge on any atom is -0.359 e. The molecule has 0 aromatic carbocycles. The van der Waals surface area contributed by atoms with Gasteiger partial charge in [0.05, 0.1) is 0 Å². The van der Waals surface area contributed by atoms with Crippen LogP contribution in [0.1, 0.15) is 0 Å². The first-order chi connectivity index (χ1) is 6.84. The first kappa shape index (κ1) is 11.0. The maximum Gasteiger partial charge on any atom is 0.206 e. The summed E-state index contributed by atoms with van der Waals surface area (Å²) < 4.78 is 0.839. The van der Waals surface area contributed by atoms with Gasteiger partial charge in [0.2, 0.25) is 5.13 Å². The Morgan fingerprint density at radius 3 is 3.00 bits per heavy atom. The van der Waals surface area contributed by atoms with Gasteiger partial charge in [-0.2, -0.15) is 23.5 Å². The van der Waals surface area contributed by atoms with Gasteiger partial charge in [-0.3, -0.25) is 0 Å². The lowest BCUT2D eigenvalue weighted by molar-refractivity contribution is 0.981. The van der Waals surface area contributed by atoms with Gasteiger partial charge in [0.15, 0.2) is 3.92 Å². The number of thioether (sulfide) groups is 2. The molecule has 0 radical (unpaired) electrons. The van der Waals surface area contributed by atoms with Crippen molar-refractivity contribution in [2.24, 2.45) is 0 Å². The maximum atomic E-state index is 3.99. The van der Waals surface area contributed by atoms with Crippen LogP contribution in [-0.2, 0) is 0 Å². The van der Waals surface area contributed by atoms with Crippen molar-refractivity contribution in [2.75, 3.05) is 29.1 Å². The highest BCUT2D eigenvalue weighted by Crippen LogP contribution is 2.25. The van der Waals surface area contributed by atoms with Crippen molar-refractivity contribution in [1.29, 1.82) is 0 Å². The van der Waals surface area contributed by atoms with Crippen LogP contribution in [0, 0.1) is 0 Å². The average molecular weight is 312 g/mol. The summed E-state index contributed by atoms with van der Waals surface area (Å²) in [7, 11) is 0. The first-order valence-corrected chi connectivity index (χ1v) is 8.08. The van der Waals surface area contributed by atoms with Crippen molar-refractivity contribution in [2.45, 2.75) is 5.25 Å². The number of nitrogens with one attached hydrogen (secondary N) is 1. The summed E-state index contributed by atoms with van der Waals surface area (Å²) >= 11 is 8.93. The molecule has 0 saturated carbocycles. The Balaban J connectivity index is 1.76. The van der Waals surface area contributed by atoms with E-state index in [0.717, 1.165) is 20.8 Å². The minimum absolute atomic E-state index is 0.719. The fourth-order valence-corrected chi connectivity index (χ4v) is 4.76. The first-order valence-electron chi connectivity index (χ1n) is 4.27. The molecule has 0 bridgehead atoms. The van der Waals surface area contributed by atoms with Crippen molar-refractivity contribution < 1.29 is 0 Å². The lowest BCUT2D eigenvalue weighted by atomic mass is 10.5. The molecule has 1 atom stereocenters. The summed E-state index contributed by atoms with van der Waals surface area (Å²) in [4.78, 5) is 0. The number of hydrogen-bond acceptors (Lipinski definition) is 6. The largest absolute Gasteiger partial charge is 0.359 e. The highest BCUT2D eigenvalue weighted by molar-refractivity contribution is 9.11. The van der Waals surface area contributed by atoms with E-state index >= 15 is 0 Å². The SMILES string of the molecule is Brc1nnc(NCC2CSCCS2)s1. The molecule has 1 aliphatic heterocycles. The summed E-state index contributed by atoms with van der Waals surface area (Å²) in [5.41, 5.74) is 0. The molecule has 1 aromatic heterocycles. The molecule has 0 amide bonds. The third-order valence-corrected chi connectivity index (χ3v) is 5.92. The lowest BCUT2D eigenvalue weighted by Gasteiger charge is -2.20. The second-order valence-electron chi connectivity index (χ2n) is 2.81. The van der Waals surface area contributed by atoms with Crippen LogP contribution in [0.5, 0.6) is 0 Å². The summed E-state index contributed by atoms with van der Waals surface area (Å²) in [6.07, 6.45) is 0. The van der Waals surface area contributed by atoms with Crippen LogP contribution >= 0.6 is 50.8 Å². The van der Waals surface area contributed by atoms with E-state index in [4.69, 9.17) is 0 Å². The topological polar surface area (TPSA) is 37.8 Å². The standard InChI is InChI=1S/C7H10BrN3S3/c8-6-10-11-7(14-6)9-3-5-4-12-1-2-13-5/h5H,1-4H2,(H,9,11). The zero-order valence-electron chi connectivity index (χ0n) is 7.40. The third-order valence-electron chi connectivity index (χ3n) is 1.77. The van der Waals surface area contributed by atoms with Gasteiger partial charge in [-0.05, 0) is 15.9 Å². The van der Waals surface area contributed by atoms with E-state index in [0.29, 0.717) is 0 Å². The normalized spacial score (nSPS) is 22.2. The molecular weight excluding hydrogens is 302 g/mol. The van der Waals surface area contributed by atoms with Crippen molar-refractivity contribution in [3.63, 3.8) is 0 Å². The fourth-order valence-electron chi connectivity index (χ4n) is 1.13. The van der Waals surface area contributed by atoms with E-state index in [1.807, 2.05) is 11.8 Å². The zero-order chi connectivity index (χ0) is 9.80. The Kier molecular flexibility index (Phi) is 4.40. The maximum absolute atomic E-state index is 3.99. The van der Waals surface area contributed by atoms with Crippen LogP contribution in [0.25, 0.3) is 0 Å². The van der Waals surface area contributed by atoms with E-state index < -0.39 is 0 Å². The molecular formula is C7H10BrN3S3. The molecule has 1 aromatic rings. The number of aromatic nitrogens is 2. The fraction of sp³-hybridized carbons (Fsp3) is 0.714. The van der Waals surface area contributed by atoms with Crippen LogP contribution < -0.4 is 5.32 Å². The lowest BCUT2D eigenvalue weighted by Crippen LogP contribution is -2.23. The van der Waals surface area contributed by atoms with E-state index in [1.165, 1.54) is 17.3 Å². The van der Waals surface area contributed by atoms with Gasteiger partial charge >= 0.3 is 0 Å². The van der Waals surface area contributed by atoms with Crippen molar-refractivity contribution >= 4 is 55.9 Å². The molecule has 0 aliphatic carbocycles. The predicted molar refractivity (Wildman–Crippen MR) is 69.7 cm³/mol. The van der Waals surface area contributed by atoms with Crippen LogP contribution in [0.2, 0.25) is 0 Å². The Morgan fingerprint density at radius 2 is 2.36 bits per heavy atom. The highest BCUT2D eigenvalue weighted by atomic mass is 79.9. The molecule has 1 N–H and O–H groups in total. The quantitative estimate of drug-likeness (QED) is 0.928. The third kappa shape index (κ3) is 3.29. The van der Waals surface area contributed by atoms with Crippen LogP contribution in [0.4, 0.5) is 5.13 Å². The van der Waals surface area contributed by atoms with E-state index in [-0.39, 0.29) is 0 Å². The Labute approximate surface area is 104 Å². The molecule has 7 heteroatoms. The van der Waals surface area contributed by atoms with Gasteiger partial charge in [-0.15, -0.1) is 10.2 Å². The number of anilines is 1. The molecule has 2 heterocycles.